The van der Waals surface area contributed by atoms with Crippen molar-refractivity contribution in [3.8, 4) is 17.4 Å². The van der Waals surface area contributed by atoms with E-state index in [0.717, 1.165) is 29.3 Å². The molecule has 0 unspecified atom stereocenters. The number of nitrogens with zero attached hydrogens (tertiary/aromatic N) is 1. The van der Waals surface area contributed by atoms with E-state index in [1.54, 1.807) is 23.9 Å². The number of ether oxygens (including phenoxy) is 2. The third-order valence-electron chi connectivity index (χ3n) is 6.88. The monoisotopic (exact) mass is 585 g/mol. The molecule has 1 aromatic heterocycles. The van der Waals surface area contributed by atoms with Gasteiger partial charge in [-0.25, -0.2) is 9.37 Å². The van der Waals surface area contributed by atoms with Gasteiger partial charge in [-0.15, -0.1) is 11.8 Å². The Kier molecular flexibility index (Phi) is 9.08. The number of hydrogen-bond acceptors (Lipinski definition) is 7. The van der Waals surface area contributed by atoms with Gasteiger partial charge in [0.1, 0.15) is 29.5 Å². The van der Waals surface area contributed by atoms with Crippen LogP contribution in [0.25, 0.3) is 0 Å². The Morgan fingerprint density at radius 3 is 2.48 bits per heavy atom. The minimum absolute atomic E-state index is 0.0277. The zero-order valence-electron chi connectivity index (χ0n) is 21.6. The molecule has 0 radical (unpaired) electrons. The van der Waals surface area contributed by atoms with Crippen molar-refractivity contribution in [1.82, 2.24) is 15.6 Å². The lowest BCUT2D eigenvalue weighted by atomic mass is 9.90. The lowest BCUT2D eigenvalue weighted by Crippen LogP contribution is -2.44. The first-order valence-electron chi connectivity index (χ1n) is 13.1. The van der Waals surface area contributed by atoms with Gasteiger partial charge in [0.15, 0.2) is 0 Å². The van der Waals surface area contributed by atoms with E-state index in [1.807, 2.05) is 18.2 Å². The van der Waals surface area contributed by atoms with Crippen molar-refractivity contribution in [3.63, 3.8) is 0 Å². The molecule has 2 heterocycles. The number of amides is 2. The number of nitrogens with one attached hydrogen (secondary N) is 2. The molecule has 3 aromatic rings. The third kappa shape index (κ3) is 6.86. The minimum Gasteiger partial charge on any atom is -0.490 e. The van der Waals surface area contributed by atoms with Crippen LogP contribution in [0.2, 0.25) is 5.02 Å². The fourth-order valence-electron chi connectivity index (χ4n) is 4.86. The molecule has 1 fully saturated rings. The molecule has 210 valence electrons. The minimum atomic E-state index is -0.628. The van der Waals surface area contributed by atoms with E-state index < -0.39 is 11.7 Å². The van der Waals surface area contributed by atoms with Crippen LogP contribution in [-0.4, -0.2) is 53.0 Å². The number of benzene rings is 2. The summed E-state index contributed by atoms with van der Waals surface area (Å²) < 4.78 is 25.5. The van der Waals surface area contributed by atoms with E-state index >= 15 is 0 Å². The van der Waals surface area contributed by atoms with E-state index in [9.17, 15) is 14.0 Å². The molecule has 5 rings (SSSR count). The number of aliphatic hydroxyl groups is 1. The van der Waals surface area contributed by atoms with E-state index in [4.69, 9.17) is 26.2 Å². The third-order valence-corrected chi connectivity index (χ3v) is 8.21. The number of aryl methyl sites for hydroxylation is 1. The van der Waals surface area contributed by atoms with Crippen LogP contribution in [0.1, 0.15) is 52.0 Å². The van der Waals surface area contributed by atoms with Crippen LogP contribution >= 0.6 is 23.4 Å². The Hall–Kier alpha value is -3.34. The summed E-state index contributed by atoms with van der Waals surface area (Å²) in [7, 11) is 0. The number of carbonyl (C=O) groups excluding carboxylic acids is 2. The maximum Gasteiger partial charge on any atom is 0.257 e. The molecule has 1 aliphatic heterocycles. The van der Waals surface area contributed by atoms with E-state index in [-0.39, 0.29) is 42.6 Å². The van der Waals surface area contributed by atoms with Gasteiger partial charge in [-0.05, 0) is 74.1 Å². The van der Waals surface area contributed by atoms with Crippen LogP contribution in [0.15, 0.2) is 53.6 Å². The summed E-state index contributed by atoms with van der Waals surface area (Å²) in [6.07, 6.45) is 4.57. The summed E-state index contributed by atoms with van der Waals surface area (Å²) in [5.74, 6) is 0.545. The molecule has 0 bridgehead atoms. The largest absolute Gasteiger partial charge is 0.490 e. The molecular weight excluding hydrogens is 557 g/mol. The number of pyridine rings is 1. The number of carbonyl (C=O) groups is 2. The highest BCUT2D eigenvalue weighted by Gasteiger charge is 2.27. The van der Waals surface area contributed by atoms with Crippen molar-refractivity contribution in [1.29, 1.82) is 0 Å². The van der Waals surface area contributed by atoms with Crippen molar-refractivity contribution in [2.75, 3.05) is 19.0 Å². The molecule has 2 aliphatic rings. The summed E-state index contributed by atoms with van der Waals surface area (Å²) in [6.45, 7) is -0.112. The van der Waals surface area contributed by atoms with Crippen LogP contribution in [0.4, 0.5) is 4.39 Å². The summed E-state index contributed by atoms with van der Waals surface area (Å²) >= 11 is 7.83. The quantitative estimate of drug-likeness (QED) is 0.318. The molecule has 11 heteroatoms. The number of rotatable bonds is 9. The summed E-state index contributed by atoms with van der Waals surface area (Å²) in [6, 6.07) is 11.4. The average Bonchev–Trinajstić information content (AvgIpc) is 3.42. The predicted molar refractivity (Wildman–Crippen MR) is 150 cm³/mol. The molecule has 1 saturated carbocycles. The topological polar surface area (TPSA) is 110 Å². The van der Waals surface area contributed by atoms with E-state index in [1.165, 1.54) is 11.6 Å². The number of halogens is 2. The van der Waals surface area contributed by atoms with Gasteiger partial charge in [-0.1, -0.05) is 17.7 Å². The molecule has 2 aromatic carbocycles. The van der Waals surface area contributed by atoms with Crippen molar-refractivity contribution < 1.29 is 28.6 Å². The van der Waals surface area contributed by atoms with Crippen LogP contribution < -0.4 is 20.1 Å². The lowest BCUT2D eigenvalue weighted by Gasteiger charge is -2.30. The van der Waals surface area contributed by atoms with Gasteiger partial charge in [0.05, 0.1) is 18.4 Å². The molecule has 3 N–H and O–H groups in total. The highest BCUT2D eigenvalue weighted by Crippen LogP contribution is 2.35. The zero-order chi connectivity index (χ0) is 28.1. The van der Waals surface area contributed by atoms with Crippen LogP contribution in [0, 0.1) is 5.82 Å². The molecule has 8 nitrogen and oxygen atoms in total. The molecule has 2 amide bonds. The first-order valence-corrected chi connectivity index (χ1v) is 14.5. The van der Waals surface area contributed by atoms with Gasteiger partial charge in [0.25, 0.3) is 11.8 Å². The predicted octanol–water partition coefficient (Wildman–Crippen LogP) is 5.16. The number of hydrogen-bond donors (Lipinski definition) is 3. The normalized spacial score (nSPS) is 18.1. The van der Waals surface area contributed by atoms with E-state index in [2.05, 4.69) is 15.6 Å². The van der Waals surface area contributed by atoms with Crippen molar-refractivity contribution in [3.05, 3.63) is 76.2 Å². The first-order chi connectivity index (χ1) is 19.4. The molecule has 1 aliphatic carbocycles. The van der Waals surface area contributed by atoms with Gasteiger partial charge in [-0.3, -0.25) is 9.59 Å². The van der Waals surface area contributed by atoms with Crippen LogP contribution in [0.5, 0.6) is 17.4 Å². The van der Waals surface area contributed by atoms with Gasteiger partial charge in [0, 0.05) is 27.8 Å². The Balaban J connectivity index is 1.18. The van der Waals surface area contributed by atoms with Gasteiger partial charge < -0.3 is 25.2 Å². The summed E-state index contributed by atoms with van der Waals surface area (Å²) in [5.41, 5.74) is 1.58. The lowest BCUT2D eigenvalue weighted by molar-refractivity contribution is 0.0887. The Labute approximate surface area is 240 Å². The standard InChI is InChI=1S/C29H29ClFN3O5S/c30-18-2-8-25(38-11-10-35)23(13-18)27(36)33-20-3-5-21(6-4-20)34-28(37)24-14-19(31)16-32-29(24)39-22-7-1-17-9-12-40-26(17)15-22/h1-2,7-8,13-16,20-21,35H,3-6,9-12H2,(H,33,36)(H,34,37). The Bertz CT molecular complexity index is 1400. The molecule has 0 spiro atoms. The smallest absolute Gasteiger partial charge is 0.257 e. The molecule has 0 saturated heterocycles. The number of aliphatic hydroxyl groups excluding tert-OH is 1. The average molecular weight is 586 g/mol. The van der Waals surface area contributed by atoms with Crippen LogP contribution in [0.3, 0.4) is 0 Å². The first kappa shape index (κ1) is 28.2. The van der Waals surface area contributed by atoms with Crippen molar-refractivity contribution >= 4 is 35.2 Å². The van der Waals surface area contributed by atoms with Gasteiger partial charge >= 0.3 is 0 Å². The maximum absolute atomic E-state index is 14.1. The van der Waals surface area contributed by atoms with Crippen molar-refractivity contribution in [2.45, 2.75) is 49.1 Å². The number of fused-ring (bicyclic) bond motifs is 1. The summed E-state index contributed by atoms with van der Waals surface area (Å²) in [4.78, 5) is 31.3. The molecular formula is C29H29ClFN3O5S. The van der Waals surface area contributed by atoms with Gasteiger partial charge in [-0.2, -0.15) is 0 Å². The van der Waals surface area contributed by atoms with E-state index in [0.29, 0.717) is 47.8 Å². The molecule has 40 heavy (non-hydrogen) atoms. The number of aromatic nitrogens is 1. The zero-order valence-corrected chi connectivity index (χ0v) is 23.2. The van der Waals surface area contributed by atoms with Crippen LogP contribution in [-0.2, 0) is 6.42 Å². The second kappa shape index (κ2) is 12.9. The Morgan fingerprint density at radius 1 is 1.02 bits per heavy atom. The second-order valence-electron chi connectivity index (χ2n) is 9.68. The van der Waals surface area contributed by atoms with Crippen molar-refractivity contribution in [2.24, 2.45) is 0 Å². The Morgan fingerprint density at radius 2 is 1.75 bits per heavy atom. The fraction of sp³-hybridized carbons (Fsp3) is 0.345. The fourth-order valence-corrected chi connectivity index (χ4v) is 6.13. The SMILES string of the molecule is O=C(NC1CCC(NC(=O)c2cc(F)cnc2Oc2ccc3c(c2)SCC3)CC1)c1cc(Cl)ccc1OCCO. The van der Waals surface area contributed by atoms with Gasteiger partial charge in [0.2, 0.25) is 5.88 Å². The summed E-state index contributed by atoms with van der Waals surface area (Å²) in [5, 5.41) is 15.4. The highest BCUT2D eigenvalue weighted by atomic mass is 35.5. The maximum atomic E-state index is 14.1. The highest BCUT2D eigenvalue weighted by molar-refractivity contribution is 7.99. The second-order valence-corrected chi connectivity index (χ2v) is 11.3. The number of thioether (sulfide) groups is 1. The molecule has 0 atom stereocenters.